The molecule has 1 aromatic carbocycles. The van der Waals surface area contributed by atoms with E-state index >= 15 is 0 Å². The van der Waals surface area contributed by atoms with Crippen LogP contribution in [0.15, 0.2) is 24.3 Å². The molecule has 1 aliphatic heterocycles. The minimum Gasteiger partial charge on any atom is -0.356 e. The minimum atomic E-state index is 0. The van der Waals surface area contributed by atoms with E-state index in [1.807, 2.05) is 24.3 Å². The summed E-state index contributed by atoms with van der Waals surface area (Å²) >= 11 is 6.02. The minimum absolute atomic E-state index is 0. The zero-order chi connectivity index (χ0) is 12.8. The Morgan fingerprint density at radius 1 is 1.42 bits per heavy atom. The SMILES string of the molecule is Cl.O=C(Cc1ccccc1Cl)NCCC1CCNC1. The van der Waals surface area contributed by atoms with Crippen LogP contribution in [0.5, 0.6) is 0 Å². The summed E-state index contributed by atoms with van der Waals surface area (Å²) < 4.78 is 0. The molecule has 1 amide bonds. The van der Waals surface area contributed by atoms with Gasteiger partial charge in [-0.25, -0.2) is 0 Å². The highest BCUT2D eigenvalue weighted by Gasteiger charge is 2.14. The summed E-state index contributed by atoms with van der Waals surface area (Å²) in [4.78, 5) is 11.8. The summed E-state index contributed by atoms with van der Waals surface area (Å²) in [6.45, 7) is 2.95. The highest BCUT2D eigenvalue weighted by molar-refractivity contribution is 6.31. The molecule has 1 atom stereocenters. The molecule has 3 nitrogen and oxygen atoms in total. The molecule has 1 saturated heterocycles. The molecule has 1 heterocycles. The number of carbonyl (C=O) groups excluding carboxylic acids is 1. The van der Waals surface area contributed by atoms with Crippen LogP contribution in [0, 0.1) is 5.92 Å². The Kier molecular flexibility index (Phi) is 7.21. The third-order valence-corrected chi connectivity index (χ3v) is 3.71. The molecule has 0 aromatic heterocycles. The molecule has 2 N–H and O–H groups in total. The second-order valence-corrected chi connectivity index (χ2v) is 5.17. The molecule has 0 aliphatic carbocycles. The highest BCUT2D eigenvalue weighted by Crippen LogP contribution is 2.15. The van der Waals surface area contributed by atoms with Crippen LogP contribution in [0.1, 0.15) is 18.4 Å². The van der Waals surface area contributed by atoms with Crippen molar-refractivity contribution in [1.82, 2.24) is 10.6 Å². The molecule has 5 heteroatoms. The maximum atomic E-state index is 11.8. The lowest BCUT2D eigenvalue weighted by Gasteiger charge is -2.09. The maximum absolute atomic E-state index is 11.8. The van der Waals surface area contributed by atoms with E-state index in [9.17, 15) is 4.79 Å². The summed E-state index contributed by atoms with van der Waals surface area (Å²) in [5.74, 6) is 0.764. The molecular formula is C14H20Cl2N2O. The van der Waals surface area contributed by atoms with Gasteiger partial charge >= 0.3 is 0 Å². The number of amides is 1. The van der Waals surface area contributed by atoms with E-state index < -0.39 is 0 Å². The quantitative estimate of drug-likeness (QED) is 0.877. The van der Waals surface area contributed by atoms with Gasteiger partial charge in [-0.05, 0) is 43.5 Å². The summed E-state index contributed by atoms with van der Waals surface area (Å²) in [6.07, 6.45) is 2.64. The van der Waals surface area contributed by atoms with Crippen molar-refractivity contribution in [3.05, 3.63) is 34.9 Å². The van der Waals surface area contributed by atoms with E-state index in [0.29, 0.717) is 17.4 Å². The number of benzene rings is 1. The fourth-order valence-corrected chi connectivity index (χ4v) is 2.46. The van der Waals surface area contributed by atoms with Gasteiger partial charge in [0, 0.05) is 11.6 Å². The van der Waals surface area contributed by atoms with Crippen LogP contribution < -0.4 is 10.6 Å². The summed E-state index contributed by atoms with van der Waals surface area (Å²) in [7, 11) is 0. The van der Waals surface area contributed by atoms with Crippen LogP contribution in [0.3, 0.4) is 0 Å². The first-order valence-electron chi connectivity index (χ1n) is 6.46. The Labute approximate surface area is 125 Å². The van der Waals surface area contributed by atoms with Gasteiger partial charge in [0.15, 0.2) is 0 Å². The van der Waals surface area contributed by atoms with Crippen molar-refractivity contribution in [1.29, 1.82) is 0 Å². The normalized spacial score (nSPS) is 17.8. The van der Waals surface area contributed by atoms with Crippen LogP contribution in [0.4, 0.5) is 0 Å². The molecular weight excluding hydrogens is 283 g/mol. The molecule has 0 saturated carbocycles. The van der Waals surface area contributed by atoms with Crippen LogP contribution in [-0.2, 0) is 11.2 Å². The van der Waals surface area contributed by atoms with Gasteiger partial charge in [-0.15, -0.1) is 12.4 Å². The van der Waals surface area contributed by atoms with Gasteiger partial charge in [0.1, 0.15) is 0 Å². The summed E-state index contributed by atoms with van der Waals surface area (Å²) in [5, 5.41) is 6.95. The first-order chi connectivity index (χ1) is 8.75. The van der Waals surface area contributed by atoms with Crippen LogP contribution in [-0.4, -0.2) is 25.5 Å². The summed E-state index contributed by atoms with van der Waals surface area (Å²) in [6, 6.07) is 7.48. The maximum Gasteiger partial charge on any atom is 0.224 e. The first-order valence-corrected chi connectivity index (χ1v) is 6.84. The Morgan fingerprint density at radius 3 is 2.89 bits per heavy atom. The number of carbonyl (C=O) groups is 1. The molecule has 0 bridgehead atoms. The zero-order valence-corrected chi connectivity index (χ0v) is 12.4. The van der Waals surface area contributed by atoms with E-state index in [4.69, 9.17) is 11.6 Å². The monoisotopic (exact) mass is 302 g/mol. The average molecular weight is 303 g/mol. The molecule has 1 aromatic rings. The fraction of sp³-hybridized carbons (Fsp3) is 0.500. The van der Waals surface area contributed by atoms with E-state index in [2.05, 4.69) is 10.6 Å². The number of hydrogen-bond donors (Lipinski definition) is 2. The standard InChI is InChI=1S/C14H19ClN2O.ClH/c15-13-4-2-1-3-12(13)9-14(18)17-8-6-11-5-7-16-10-11;/h1-4,11,16H,5-10H2,(H,17,18);1H. The average Bonchev–Trinajstić information content (AvgIpc) is 2.85. The molecule has 2 rings (SSSR count). The van der Waals surface area contributed by atoms with Gasteiger partial charge in [0.25, 0.3) is 0 Å². The van der Waals surface area contributed by atoms with Crippen molar-refractivity contribution in [2.45, 2.75) is 19.3 Å². The Morgan fingerprint density at radius 2 is 2.21 bits per heavy atom. The predicted molar refractivity (Wildman–Crippen MR) is 81.0 cm³/mol. The molecule has 106 valence electrons. The van der Waals surface area contributed by atoms with E-state index in [1.165, 1.54) is 6.42 Å². The largest absolute Gasteiger partial charge is 0.356 e. The van der Waals surface area contributed by atoms with Gasteiger partial charge in [-0.2, -0.15) is 0 Å². The van der Waals surface area contributed by atoms with Crippen LogP contribution in [0.25, 0.3) is 0 Å². The second kappa shape index (κ2) is 8.41. The number of halogens is 2. The van der Waals surface area contributed by atoms with Crippen molar-refractivity contribution in [2.75, 3.05) is 19.6 Å². The van der Waals surface area contributed by atoms with Gasteiger partial charge in [-0.1, -0.05) is 29.8 Å². The topological polar surface area (TPSA) is 41.1 Å². The van der Waals surface area contributed by atoms with E-state index in [-0.39, 0.29) is 18.3 Å². The van der Waals surface area contributed by atoms with Crippen molar-refractivity contribution in [2.24, 2.45) is 5.92 Å². The van der Waals surface area contributed by atoms with Crippen molar-refractivity contribution < 1.29 is 4.79 Å². The predicted octanol–water partition coefficient (Wildman–Crippen LogP) is 2.42. The summed E-state index contributed by atoms with van der Waals surface area (Å²) in [5.41, 5.74) is 0.888. The Hall–Kier alpha value is -0.770. The lowest BCUT2D eigenvalue weighted by atomic mass is 10.1. The lowest BCUT2D eigenvalue weighted by Crippen LogP contribution is -2.27. The number of hydrogen-bond acceptors (Lipinski definition) is 2. The fourth-order valence-electron chi connectivity index (χ4n) is 2.25. The van der Waals surface area contributed by atoms with Gasteiger partial charge in [0.05, 0.1) is 6.42 Å². The third kappa shape index (κ3) is 5.39. The number of nitrogens with one attached hydrogen (secondary N) is 2. The second-order valence-electron chi connectivity index (χ2n) is 4.77. The zero-order valence-electron chi connectivity index (χ0n) is 10.8. The Balaban J connectivity index is 0.00000180. The van der Waals surface area contributed by atoms with Crippen LogP contribution in [0.2, 0.25) is 5.02 Å². The number of rotatable bonds is 5. The highest BCUT2D eigenvalue weighted by atomic mass is 35.5. The Bertz CT molecular complexity index is 406. The van der Waals surface area contributed by atoms with Crippen molar-refractivity contribution in [3.63, 3.8) is 0 Å². The van der Waals surface area contributed by atoms with Crippen LogP contribution >= 0.6 is 24.0 Å². The van der Waals surface area contributed by atoms with Gasteiger partial charge in [-0.3, -0.25) is 4.79 Å². The van der Waals surface area contributed by atoms with Gasteiger partial charge < -0.3 is 10.6 Å². The van der Waals surface area contributed by atoms with Gasteiger partial charge in [0.2, 0.25) is 5.91 Å². The first kappa shape index (κ1) is 16.3. The van der Waals surface area contributed by atoms with Crippen molar-refractivity contribution >= 4 is 29.9 Å². The van der Waals surface area contributed by atoms with E-state index in [0.717, 1.165) is 31.6 Å². The molecule has 1 aliphatic rings. The molecule has 0 radical (unpaired) electrons. The van der Waals surface area contributed by atoms with E-state index in [1.54, 1.807) is 0 Å². The molecule has 1 unspecified atom stereocenters. The molecule has 0 spiro atoms. The molecule has 19 heavy (non-hydrogen) atoms. The smallest absolute Gasteiger partial charge is 0.224 e. The lowest BCUT2D eigenvalue weighted by molar-refractivity contribution is -0.120. The molecule has 1 fully saturated rings. The van der Waals surface area contributed by atoms with Crippen molar-refractivity contribution in [3.8, 4) is 0 Å². The third-order valence-electron chi connectivity index (χ3n) is 3.35.